The molecule has 0 saturated carbocycles. The van der Waals surface area contributed by atoms with Crippen molar-refractivity contribution >= 4 is 11.2 Å². The van der Waals surface area contributed by atoms with Gasteiger partial charge in [0.15, 0.2) is 5.65 Å². The zero-order chi connectivity index (χ0) is 14.7. The lowest BCUT2D eigenvalue weighted by molar-refractivity contribution is 0.369. The molecule has 3 aromatic rings. The second-order valence-electron chi connectivity index (χ2n) is 4.31. The Labute approximate surface area is 122 Å². The molecule has 0 spiro atoms. The number of ether oxygens (including phenoxy) is 2. The molecule has 0 radical (unpaired) electrons. The van der Waals surface area contributed by atoms with Crippen LogP contribution in [0.2, 0.25) is 0 Å². The van der Waals surface area contributed by atoms with E-state index < -0.39 is 0 Å². The van der Waals surface area contributed by atoms with Crippen molar-refractivity contribution in [3.8, 4) is 35.2 Å². The van der Waals surface area contributed by atoms with Gasteiger partial charge in [-0.3, -0.25) is 0 Å². The Bertz CT molecular complexity index is 785. The summed E-state index contributed by atoms with van der Waals surface area (Å²) in [7, 11) is 1.61. The van der Waals surface area contributed by atoms with Gasteiger partial charge in [0.2, 0.25) is 0 Å². The van der Waals surface area contributed by atoms with Gasteiger partial charge >= 0.3 is 0 Å². The largest absolute Gasteiger partial charge is 0.497 e. The lowest BCUT2D eigenvalue weighted by Crippen LogP contribution is -1.97. The molecule has 2 aromatic heterocycles. The van der Waals surface area contributed by atoms with E-state index in [2.05, 4.69) is 20.9 Å². The number of nitrogens with zero attached hydrogens (tertiary/aromatic N) is 2. The normalized spacial score (nSPS) is 10.3. The predicted molar refractivity (Wildman–Crippen MR) is 80.2 cm³/mol. The molecule has 1 N–H and O–H groups in total. The van der Waals surface area contributed by atoms with Crippen LogP contribution in [0.15, 0.2) is 36.5 Å². The third-order valence-corrected chi connectivity index (χ3v) is 3.01. The third-order valence-electron chi connectivity index (χ3n) is 3.01. The highest BCUT2D eigenvalue weighted by atomic mass is 16.5. The highest BCUT2D eigenvalue weighted by Crippen LogP contribution is 2.32. The summed E-state index contributed by atoms with van der Waals surface area (Å²) in [5.74, 6) is 4.48. The molecule has 1 aromatic carbocycles. The number of nitrogens with one attached hydrogen (secondary N) is 1. The average Bonchev–Trinajstić information content (AvgIpc) is 2.96. The molecular formula is C16H13N3O2. The molecule has 0 saturated heterocycles. The fourth-order valence-corrected chi connectivity index (χ4v) is 2.04. The fourth-order valence-electron chi connectivity index (χ4n) is 2.04. The van der Waals surface area contributed by atoms with Crippen LogP contribution in [0, 0.1) is 12.3 Å². The highest BCUT2D eigenvalue weighted by molar-refractivity contribution is 5.78. The van der Waals surface area contributed by atoms with Gasteiger partial charge in [0.05, 0.1) is 18.2 Å². The average molecular weight is 279 g/mol. The summed E-state index contributed by atoms with van der Waals surface area (Å²) >= 11 is 0. The summed E-state index contributed by atoms with van der Waals surface area (Å²) in [5.41, 5.74) is 2.29. The number of hydrogen-bond acceptors (Lipinski definition) is 4. The Hall–Kier alpha value is -3.00. The van der Waals surface area contributed by atoms with Crippen LogP contribution in [0.3, 0.4) is 0 Å². The van der Waals surface area contributed by atoms with E-state index in [-0.39, 0.29) is 6.61 Å². The number of methoxy groups -OCH3 is 1. The first-order valence-electron chi connectivity index (χ1n) is 6.37. The van der Waals surface area contributed by atoms with E-state index in [1.165, 1.54) is 0 Å². The predicted octanol–water partition coefficient (Wildman–Crippen LogP) is 2.65. The molecule has 21 heavy (non-hydrogen) atoms. The maximum Gasteiger partial charge on any atom is 0.178 e. The van der Waals surface area contributed by atoms with Gasteiger partial charge in [-0.05, 0) is 30.3 Å². The van der Waals surface area contributed by atoms with Gasteiger partial charge in [-0.2, -0.15) is 0 Å². The lowest BCUT2D eigenvalue weighted by atomic mass is 10.2. The van der Waals surface area contributed by atoms with Crippen LogP contribution in [0.25, 0.3) is 22.6 Å². The first-order chi connectivity index (χ1) is 10.3. The van der Waals surface area contributed by atoms with Gasteiger partial charge in [-0.15, -0.1) is 6.42 Å². The van der Waals surface area contributed by atoms with Gasteiger partial charge in [-0.1, -0.05) is 5.92 Å². The number of hydrogen-bond donors (Lipinski definition) is 1. The van der Waals surface area contributed by atoms with Gasteiger partial charge in [0.25, 0.3) is 0 Å². The summed E-state index contributed by atoms with van der Waals surface area (Å²) in [6, 6.07) is 9.25. The van der Waals surface area contributed by atoms with Crippen molar-refractivity contribution in [2.45, 2.75) is 0 Å². The molecule has 0 amide bonds. The highest BCUT2D eigenvalue weighted by Gasteiger charge is 2.13. The van der Waals surface area contributed by atoms with Crippen LogP contribution < -0.4 is 9.47 Å². The molecule has 0 aliphatic carbocycles. The molecular weight excluding hydrogens is 266 g/mol. The maximum absolute atomic E-state index is 5.56. The quantitative estimate of drug-likeness (QED) is 0.746. The number of fused-ring (bicyclic) bond motifs is 1. The number of imidazole rings is 1. The zero-order valence-corrected chi connectivity index (χ0v) is 11.5. The Morgan fingerprint density at radius 2 is 2.24 bits per heavy atom. The van der Waals surface area contributed by atoms with Gasteiger partial charge < -0.3 is 14.5 Å². The Kier molecular flexibility index (Phi) is 3.44. The van der Waals surface area contributed by atoms with Crippen molar-refractivity contribution in [3.05, 3.63) is 36.5 Å². The molecule has 0 aliphatic rings. The molecule has 2 heterocycles. The molecule has 3 rings (SSSR count). The van der Waals surface area contributed by atoms with Crippen LogP contribution in [0.4, 0.5) is 0 Å². The van der Waals surface area contributed by atoms with Crippen molar-refractivity contribution in [2.24, 2.45) is 0 Å². The van der Waals surface area contributed by atoms with Crippen LogP contribution >= 0.6 is 0 Å². The molecule has 0 fully saturated rings. The molecule has 5 heteroatoms. The third kappa shape index (κ3) is 2.51. The minimum atomic E-state index is 0.192. The van der Waals surface area contributed by atoms with E-state index in [0.29, 0.717) is 23.0 Å². The van der Waals surface area contributed by atoms with E-state index >= 15 is 0 Å². The molecule has 104 valence electrons. The number of pyridine rings is 1. The minimum absolute atomic E-state index is 0.192. The SMILES string of the molecule is C#CCOc1ccc(OC)cc1-c1nc2ncccc2[nH]1. The van der Waals surface area contributed by atoms with Crippen molar-refractivity contribution in [1.82, 2.24) is 15.0 Å². The number of aromatic amines is 1. The number of rotatable bonds is 4. The summed E-state index contributed by atoms with van der Waals surface area (Å²) in [6.45, 7) is 0.192. The topological polar surface area (TPSA) is 60.0 Å². The van der Waals surface area contributed by atoms with Gasteiger partial charge in [-0.25, -0.2) is 9.97 Å². The van der Waals surface area contributed by atoms with Gasteiger partial charge in [0, 0.05) is 6.20 Å². The Morgan fingerprint density at radius 3 is 3.00 bits per heavy atom. The standard InChI is InChI=1S/C16H13N3O2/c1-3-9-21-14-7-6-11(20-2)10-12(14)15-18-13-5-4-8-17-16(13)19-15/h1,4-8,10H,9H2,2H3,(H,17,18,19). The maximum atomic E-state index is 5.56. The van der Waals surface area contributed by atoms with Crippen LogP contribution in [0.1, 0.15) is 0 Å². The molecule has 5 nitrogen and oxygen atoms in total. The fraction of sp³-hybridized carbons (Fsp3) is 0.125. The molecule has 0 bridgehead atoms. The van der Waals surface area contributed by atoms with Crippen molar-refractivity contribution in [2.75, 3.05) is 13.7 Å². The van der Waals surface area contributed by atoms with Crippen LogP contribution in [-0.4, -0.2) is 28.7 Å². The number of H-pyrrole nitrogens is 1. The second kappa shape index (κ2) is 5.55. The van der Waals surface area contributed by atoms with E-state index in [0.717, 1.165) is 11.1 Å². The van der Waals surface area contributed by atoms with Crippen molar-refractivity contribution in [1.29, 1.82) is 0 Å². The minimum Gasteiger partial charge on any atom is -0.497 e. The number of terminal acetylenes is 1. The monoisotopic (exact) mass is 279 g/mol. The molecule has 0 aliphatic heterocycles. The first-order valence-corrected chi connectivity index (χ1v) is 6.37. The number of benzene rings is 1. The van der Waals surface area contributed by atoms with Crippen molar-refractivity contribution < 1.29 is 9.47 Å². The molecule has 0 atom stereocenters. The number of aromatic nitrogens is 3. The molecule has 0 unspecified atom stereocenters. The summed E-state index contributed by atoms with van der Waals surface area (Å²) in [4.78, 5) is 11.9. The smallest absolute Gasteiger partial charge is 0.178 e. The van der Waals surface area contributed by atoms with E-state index in [1.807, 2.05) is 30.3 Å². The van der Waals surface area contributed by atoms with Crippen LogP contribution in [0.5, 0.6) is 11.5 Å². The first kappa shape index (κ1) is 13.0. The summed E-state index contributed by atoms with van der Waals surface area (Å²) in [5, 5.41) is 0. The Balaban J connectivity index is 2.11. The van der Waals surface area contributed by atoms with E-state index in [1.54, 1.807) is 13.3 Å². The summed E-state index contributed by atoms with van der Waals surface area (Å²) in [6.07, 6.45) is 6.95. The van der Waals surface area contributed by atoms with Crippen LogP contribution in [-0.2, 0) is 0 Å². The van der Waals surface area contributed by atoms with Crippen molar-refractivity contribution in [3.63, 3.8) is 0 Å². The second-order valence-corrected chi connectivity index (χ2v) is 4.31. The van der Waals surface area contributed by atoms with E-state index in [4.69, 9.17) is 15.9 Å². The Morgan fingerprint density at radius 1 is 1.33 bits per heavy atom. The summed E-state index contributed by atoms with van der Waals surface area (Å²) < 4.78 is 10.8. The van der Waals surface area contributed by atoms with E-state index in [9.17, 15) is 0 Å². The zero-order valence-electron chi connectivity index (χ0n) is 11.5. The lowest BCUT2D eigenvalue weighted by Gasteiger charge is -2.09. The van der Waals surface area contributed by atoms with Gasteiger partial charge in [0.1, 0.15) is 23.9 Å².